The molecule has 170 valence electrons. The first kappa shape index (κ1) is 27.9. The topological polar surface area (TPSA) is 111 Å². The van der Waals surface area contributed by atoms with E-state index in [2.05, 4.69) is 4.72 Å². The summed E-state index contributed by atoms with van der Waals surface area (Å²) < 4.78 is 68.8. The average Bonchev–Trinajstić information content (AvgIpc) is 2.50. The molecule has 0 aliphatic carbocycles. The Labute approximate surface area is 172 Å². The molecule has 12 heteroatoms. The third-order valence-electron chi connectivity index (χ3n) is 6.37. The van der Waals surface area contributed by atoms with E-state index in [4.69, 9.17) is 13.3 Å². The molecule has 0 fully saturated rings. The van der Waals surface area contributed by atoms with Crippen molar-refractivity contribution in [3.8, 4) is 0 Å². The van der Waals surface area contributed by atoms with Crippen molar-refractivity contribution in [2.75, 3.05) is 46.9 Å². The Hall–Kier alpha value is -0.0831. The lowest BCUT2D eigenvalue weighted by atomic mass is 9.66. The second-order valence-corrected chi connectivity index (χ2v) is 15.8. The monoisotopic (exact) mass is 462 g/mol. The van der Waals surface area contributed by atoms with Crippen molar-refractivity contribution in [3.63, 3.8) is 0 Å². The zero-order chi connectivity index (χ0) is 22.8. The van der Waals surface area contributed by atoms with Crippen LogP contribution in [0.25, 0.3) is 0 Å². The molecular formula is C16H38N2O7S2Si. The summed E-state index contributed by atoms with van der Waals surface area (Å²) in [5, 5.41) is -0.699. The van der Waals surface area contributed by atoms with E-state index in [0.29, 0.717) is 0 Å². The van der Waals surface area contributed by atoms with Crippen molar-refractivity contribution >= 4 is 28.9 Å². The number of hydrogen-bond donors (Lipinski definition) is 1. The molecule has 0 aliphatic heterocycles. The Balaban J connectivity index is 6.28. The number of nitrogens with zero attached hydrogens (tertiary/aromatic N) is 1. The van der Waals surface area contributed by atoms with Gasteiger partial charge in [0.15, 0.2) is 0 Å². The molecule has 0 bridgehead atoms. The minimum Gasteiger partial charge on any atom is -0.377 e. The number of nitrogens with one attached hydrogen (secondary N) is 1. The van der Waals surface area contributed by atoms with E-state index in [9.17, 15) is 16.8 Å². The minimum absolute atomic E-state index is 0.0140. The van der Waals surface area contributed by atoms with E-state index in [1.807, 2.05) is 41.5 Å². The molecule has 0 spiro atoms. The van der Waals surface area contributed by atoms with E-state index in [1.54, 1.807) is 0 Å². The van der Waals surface area contributed by atoms with Crippen LogP contribution in [0, 0.1) is 5.41 Å². The molecule has 0 aromatic heterocycles. The van der Waals surface area contributed by atoms with Crippen LogP contribution in [0.15, 0.2) is 0 Å². The van der Waals surface area contributed by atoms with Gasteiger partial charge in [-0.1, -0.05) is 27.7 Å². The van der Waals surface area contributed by atoms with Gasteiger partial charge < -0.3 is 13.3 Å². The molecule has 28 heavy (non-hydrogen) atoms. The maximum absolute atomic E-state index is 12.6. The molecule has 0 heterocycles. The van der Waals surface area contributed by atoms with Crippen molar-refractivity contribution in [2.45, 2.75) is 52.1 Å². The summed E-state index contributed by atoms with van der Waals surface area (Å²) in [6.07, 6.45) is 2.15. The van der Waals surface area contributed by atoms with Crippen LogP contribution < -0.4 is 4.72 Å². The fourth-order valence-electron chi connectivity index (χ4n) is 3.67. The Morgan fingerprint density at radius 3 is 1.54 bits per heavy atom. The third kappa shape index (κ3) is 5.34. The summed E-state index contributed by atoms with van der Waals surface area (Å²) in [5.41, 5.74) is -1.64. The molecule has 0 unspecified atom stereocenters. The van der Waals surface area contributed by atoms with Crippen LogP contribution in [0.4, 0.5) is 0 Å². The van der Waals surface area contributed by atoms with Gasteiger partial charge in [-0.25, -0.2) is 21.6 Å². The van der Waals surface area contributed by atoms with E-state index in [1.165, 1.54) is 25.6 Å². The summed E-state index contributed by atoms with van der Waals surface area (Å²) in [4.78, 5) is 0. The predicted molar refractivity (Wildman–Crippen MR) is 113 cm³/mol. The van der Waals surface area contributed by atoms with Gasteiger partial charge in [-0.15, -0.1) is 0 Å². The lowest BCUT2D eigenvalue weighted by Crippen LogP contribution is -2.67. The van der Waals surface area contributed by atoms with Crippen molar-refractivity contribution in [1.29, 1.82) is 0 Å². The summed E-state index contributed by atoms with van der Waals surface area (Å²) in [6, 6.07) is 0. The standard InChI is InChI=1S/C16H38N2O7S2Si/c1-14(2,16(5,6)28(23-7,24-8)25-9)15(3,4)18(27(11,21)22)13-12-17-26(10,19)20/h17H,12-13H2,1-11H3. The molecule has 0 aliphatic rings. The lowest BCUT2D eigenvalue weighted by molar-refractivity contribution is -0.00734. The SMILES string of the molecule is CO[Si](OC)(OC)C(C)(C)C(C)(C)C(C)(C)N(CCNS(C)(=O)=O)S(C)(=O)=O. The Bertz CT molecular complexity index is 722. The molecule has 1 N–H and O–H groups in total. The Morgan fingerprint density at radius 2 is 1.25 bits per heavy atom. The van der Waals surface area contributed by atoms with Gasteiger partial charge in [0.05, 0.1) is 12.5 Å². The van der Waals surface area contributed by atoms with Gasteiger partial charge in [0.2, 0.25) is 20.0 Å². The van der Waals surface area contributed by atoms with Gasteiger partial charge in [-0.05, 0) is 19.3 Å². The third-order valence-corrected chi connectivity index (χ3v) is 12.3. The molecule has 9 nitrogen and oxygen atoms in total. The highest BCUT2D eigenvalue weighted by atomic mass is 32.2. The molecule has 0 aromatic rings. The van der Waals surface area contributed by atoms with Gasteiger partial charge in [-0.3, -0.25) is 0 Å². The number of sulfonamides is 2. The van der Waals surface area contributed by atoms with Gasteiger partial charge in [0.25, 0.3) is 0 Å². The van der Waals surface area contributed by atoms with E-state index in [0.717, 1.165) is 12.5 Å². The number of rotatable bonds is 12. The molecule has 0 amide bonds. The van der Waals surface area contributed by atoms with Crippen molar-refractivity contribution in [3.05, 3.63) is 0 Å². The highest BCUT2D eigenvalue weighted by Gasteiger charge is 2.66. The second-order valence-electron chi connectivity index (χ2n) is 8.48. The van der Waals surface area contributed by atoms with Crippen molar-refractivity contribution < 1.29 is 30.1 Å². The summed E-state index contributed by atoms with van der Waals surface area (Å²) in [5.74, 6) is 0. The summed E-state index contributed by atoms with van der Waals surface area (Å²) in [6.45, 7) is 11.3. The molecule has 0 atom stereocenters. The van der Waals surface area contributed by atoms with Crippen LogP contribution in [-0.2, 0) is 33.3 Å². The molecule has 0 aromatic carbocycles. The van der Waals surface area contributed by atoms with Crippen LogP contribution in [0.2, 0.25) is 5.04 Å². The fourth-order valence-corrected chi connectivity index (χ4v) is 8.71. The molecule has 0 saturated heterocycles. The Morgan fingerprint density at radius 1 is 0.857 bits per heavy atom. The predicted octanol–water partition coefficient (Wildman–Crippen LogP) is 1.26. The maximum Gasteiger partial charge on any atom is 0.506 e. The van der Waals surface area contributed by atoms with E-state index < -0.39 is 44.8 Å². The molecular weight excluding hydrogens is 424 g/mol. The molecule has 0 radical (unpaired) electrons. The summed E-state index contributed by atoms with van der Waals surface area (Å²) in [7, 11) is -5.71. The highest BCUT2D eigenvalue weighted by molar-refractivity contribution is 7.89. The molecule has 0 rings (SSSR count). The normalized spacial score (nSPS) is 15.3. The van der Waals surface area contributed by atoms with Gasteiger partial charge >= 0.3 is 8.80 Å². The van der Waals surface area contributed by atoms with Crippen LogP contribution in [0.1, 0.15) is 41.5 Å². The first-order chi connectivity index (χ1) is 12.3. The van der Waals surface area contributed by atoms with Crippen LogP contribution >= 0.6 is 0 Å². The van der Waals surface area contributed by atoms with Gasteiger partial charge in [0, 0.05) is 45.0 Å². The smallest absolute Gasteiger partial charge is 0.377 e. The highest BCUT2D eigenvalue weighted by Crippen LogP contribution is 2.59. The first-order valence-electron chi connectivity index (χ1n) is 8.85. The zero-order valence-corrected chi connectivity index (χ0v) is 21.7. The van der Waals surface area contributed by atoms with Crippen LogP contribution in [0.3, 0.4) is 0 Å². The quantitative estimate of drug-likeness (QED) is 0.435. The largest absolute Gasteiger partial charge is 0.506 e. The number of hydrogen-bond acceptors (Lipinski definition) is 7. The van der Waals surface area contributed by atoms with Crippen molar-refractivity contribution in [1.82, 2.24) is 9.03 Å². The summed E-state index contributed by atoms with van der Waals surface area (Å²) >= 11 is 0. The van der Waals surface area contributed by atoms with Crippen LogP contribution in [-0.4, -0.2) is 82.4 Å². The maximum atomic E-state index is 12.6. The van der Waals surface area contributed by atoms with Crippen molar-refractivity contribution in [2.24, 2.45) is 5.41 Å². The second kappa shape index (κ2) is 8.96. The minimum atomic E-state index is -3.66. The van der Waals surface area contributed by atoms with Crippen LogP contribution in [0.5, 0.6) is 0 Å². The first-order valence-corrected chi connectivity index (χ1v) is 14.3. The average molecular weight is 463 g/mol. The fraction of sp³-hybridized carbons (Fsp3) is 1.00. The lowest BCUT2D eigenvalue weighted by Gasteiger charge is -2.58. The van der Waals surface area contributed by atoms with Gasteiger partial charge in [0.1, 0.15) is 0 Å². The zero-order valence-electron chi connectivity index (χ0n) is 19.0. The van der Waals surface area contributed by atoms with Gasteiger partial charge in [-0.2, -0.15) is 4.31 Å². The van der Waals surface area contributed by atoms with E-state index in [-0.39, 0.29) is 13.1 Å². The molecule has 0 saturated carbocycles. The van der Waals surface area contributed by atoms with E-state index >= 15 is 0 Å². The Kier molecular flexibility index (Phi) is 8.93.